The first-order valence-electron chi connectivity index (χ1n) is 10.4. The molecule has 0 spiro atoms. The molecule has 1 heterocycles. The predicted molar refractivity (Wildman–Crippen MR) is 117 cm³/mol. The van der Waals surface area contributed by atoms with Crippen molar-refractivity contribution in [3.05, 3.63) is 29.3 Å². The molecular formula is C21H36N4O2S. The summed E-state index contributed by atoms with van der Waals surface area (Å²) in [7, 11) is -1.41. The van der Waals surface area contributed by atoms with Gasteiger partial charge in [-0.05, 0) is 69.4 Å². The van der Waals surface area contributed by atoms with E-state index in [9.17, 15) is 8.42 Å². The Labute approximate surface area is 170 Å². The molecule has 1 aliphatic rings. The van der Waals surface area contributed by atoms with Crippen LogP contribution in [0, 0.1) is 6.92 Å². The Balaban J connectivity index is 1.65. The molecule has 0 unspecified atom stereocenters. The minimum atomic E-state index is -3.17. The van der Waals surface area contributed by atoms with Crippen LogP contribution in [-0.2, 0) is 16.4 Å². The summed E-state index contributed by atoms with van der Waals surface area (Å²) in [5.41, 5.74) is 1.81. The van der Waals surface area contributed by atoms with Crippen molar-refractivity contribution in [1.82, 2.24) is 15.5 Å². The van der Waals surface area contributed by atoms with Crippen LogP contribution in [0.3, 0.4) is 0 Å². The lowest BCUT2D eigenvalue weighted by Crippen LogP contribution is -2.37. The highest BCUT2D eigenvalue weighted by Crippen LogP contribution is 2.16. The lowest BCUT2D eigenvalue weighted by atomic mass is 10.1. The monoisotopic (exact) mass is 408 g/mol. The number of sulfone groups is 1. The first kappa shape index (κ1) is 22.7. The van der Waals surface area contributed by atoms with E-state index in [1.807, 2.05) is 19.1 Å². The molecule has 1 aromatic rings. The Kier molecular flexibility index (Phi) is 9.25. The van der Waals surface area contributed by atoms with E-state index in [-0.39, 0.29) is 0 Å². The van der Waals surface area contributed by atoms with Gasteiger partial charge in [0.1, 0.15) is 0 Å². The molecule has 28 heavy (non-hydrogen) atoms. The normalized spacial score (nSPS) is 16.2. The number of aryl methyl sites for hydroxylation is 1. The second-order valence-corrected chi connectivity index (χ2v) is 9.67. The van der Waals surface area contributed by atoms with Crippen molar-refractivity contribution in [1.29, 1.82) is 0 Å². The molecule has 0 aromatic heterocycles. The third-order valence-electron chi connectivity index (χ3n) is 5.21. The third-order valence-corrected chi connectivity index (χ3v) is 6.47. The highest BCUT2D eigenvalue weighted by Gasteiger charge is 2.11. The van der Waals surface area contributed by atoms with Crippen molar-refractivity contribution in [2.45, 2.75) is 56.9 Å². The number of nitrogens with one attached hydrogen (secondary N) is 2. The fourth-order valence-corrected chi connectivity index (χ4v) is 4.63. The van der Waals surface area contributed by atoms with Gasteiger partial charge in [-0.1, -0.05) is 25.0 Å². The molecule has 0 saturated carbocycles. The number of hydrogen-bond acceptors (Lipinski definition) is 4. The average Bonchev–Trinajstić information content (AvgIpc) is 2.66. The number of piperidine rings is 1. The number of aliphatic imine (C=N–C) groups is 1. The van der Waals surface area contributed by atoms with Crippen LogP contribution >= 0.6 is 0 Å². The Morgan fingerprint density at radius 3 is 2.50 bits per heavy atom. The second-order valence-electron chi connectivity index (χ2n) is 7.69. The largest absolute Gasteiger partial charge is 0.356 e. The van der Waals surface area contributed by atoms with Crippen molar-refractivity contribution in [2.24, 2.45) is 4.99 Å². The zero-order valence-corrected chi connectivity index (χ0v) is 18.4. The topological polar surface area (TPSA) is 73.8 Å². The van der Waals surface area contributed by atoms with Gasteiger partial charge < -0.3 is 15.5 Å². The standard InChI is InChI=1S/C21H36N4O2S/c1-18-16-19(10-11-20(18)28(3,26)27)17-24-21(22-2)23-12-6-4-7-13-25-14-8-5-9-15-25/h10-11,16H,4-9,12-15,17H2,1-3H3,(H2,22,23,24). The molecule has 2 rings (SSSR count). The summed E-state index contributed by atoms with van der Waals surface area (Å²) < 4.78 is 23.4. The van der Waals surface area contributed by atoms with Crippen molar-refractivity contribution < 1.29 is 8.42 Å². The van der Waals surface area contributed by atoms with Crippen LogP contribution in [0.2, 0.25) is 0 Å². The Bertz CT molecular complexity index is 741. The van der Waals surface area contributed by atoms with Crippen LogP contribution in [-0.4, -0.2) is 58.8 Å². The molecule has 6 nitrogen and oxygen atoms in total. The number of benzene rings is 1. The quantitative estimate of drug-likeness (QED) is 0.373. The summed E-state index contributed by atoms with van der Waals surface area (Å²) in [6, 6.07) is 5.45. The van der Waals surface area contributed by atoms with Gasteiger partial charge in [-0.15, -0.1) is 0 Å². The first-order valence-corrected chi connectivity index (χ1v) is 12.3. The summed E-state index contributed by atoms with van der Waals surface area (Å²) in [5.74, 6) is 0.779. The molecule has 1 aliphatic heterocycles. The van der Waals surface area contributed by atoms with Gasteiger partial charge in [0.15, 0.2) is 15.8 Å². The summed E-state index contributed by atoms with van der Waals surface area (Å²) in [6.45, 7) is 7.14. The van der Waals surface area contributed by atoms with E-state index in [1.54, 1.807) is 13.1 Å². The number of rotatable bonds is 9. The Morgan fingerprint density at radius 1 is 1.11 bits per heavy atom. The lowest BCUT2D eigenvalue weighted by molar-refractivity contribution is 0.224. The smallest absolute Gasteiger partial charge is 0.191 e. The molecule has 0 bridgehead atoms. The highest BCUT2D eigenvalue weighted by molar-refractivity contribution is 7.90. The number of nitrogens with zero attached hydrogens (tertiary/aromatic N) is 2. The van der Waals surface area contributed by atoms with Crippen LogP contribution in [0.5, 0.6) is 0 Å². The predicted octanol–water partition coefficient (Wildman–Crippen LogP) is 2.72. The van der Waals surface area contributed by atoms with E-state index < -0.39 is 9.84 Å². The van der Waals surface area contributed by atoms with Gasteiger partial charge >= 0.3 is 0 Å². The molecule has 1 saturated heterocycles. The average molecular weight is 409 g/mol. The summed E-state index contributed by atoms with van der Waals surface area (Å²) in [5, 5.41) is 6.65. The van der Waals surface area contributed by atoms with Crippen LogP contribution in [0.1, 0.15) is 49.7 Å². The van der Waals surface area contributed by atoms with Crippen molar-refractivity contribution in [2.75, 3.05) is 39.5 Å². The third kappa shape index (κ3) is 7.80. The van der Waals surface area contributed by atoms with Gasteiger partial charge in [-0.2, -0.15) is 0 Å². The van der Waals surface area contributed by atoms with Gasteiger partial charge in [0.2, 0.25) is 0 Å². The molecule has 1 fully saturated rings. The molecule has 0 amide bonds. The summed E-state index contributed by atoms with van der Waals surface area (Å²) in [4.78, 5) is 7.25. The molecule has 7 heteroatoms. The molecule has 1 aromatic carbocycles. The minimum Gasteiger partial charge on any atom is -0.356 e. The van der Waals surface area contributed by atoms with E-state index in [2.05, 4.69) is 20.5 Å². The van der Waals surface area contributed by atoms with Crippen molar-refractivity contribution in [3.8, 4) is 0 Å². The maximum Gasteiger partial charge on any atom is 0.191 e. The highest BCUT2D eigenvalue weighted by atomic mass is 32.2. The van der Waals surface area contributed by atoms with Crippen LogP contribution < -0.4 is 10.6 Å². The molecule has 2 N–H and O–H groups in total. The lowest BCUT2D eigenvalue weighted by Gasteiger charge is -2.26. The van der Waals surface area contributed by atoms with Gasteiger partial charge in [-0.3, -0.25) is 4.99 Å². The zero-order valence-electron chi connectivity index (χ0n) is 17.6. The molecule has 0 aliphatic carbocycles. The van der Waals surface area contributed by atoms with Crippen LogP contribution in [0.15, 0.2) is 28.1 Å². The maximum atomic E-state index is 11.7. The van der Waals surface area contributed by atoms with Gasteiger partial charge in [0.05, 0.1) is 4.90 Å². The van der Waals surface area contributed by atoms with Gasteiger partial charge in [0.25, 0.3) is 0 Å². The first-order chi connectivity index (χ1) is 13.4. The Morgan fingerprint density at radius 2 is 1.86 bits per heavy atom. The summed E-state index contributed by atoms with van der Waals surface area (Å²) in [6.07, 6.45) is 8.99. The van der Waals surface area contributed by atoms with E-state index in [1.165, 1.54) is 58.0 Å². The summed E-state index contributed by atoms with van der Waals surface area (Å²) >= 11 is 0. The fraction of sp³-hybridized carbons (Fsp3) is 0.667. The number of guanidine groups is 1. The molecule has 158 valence electrons. The molecule has 0 atom stereocenters. The number of hydrogen-bond donors (Lipinski definition) is 2. The minimum absolute atomic E-state index is 0.392. The van der Waals surface area contributed by atoms with E-state index >= 15 is 0 Å². The van der Waals surface area contributed by atoms with Gasteiger partial charge in [0, 0.05) is 26.4 Å². The van der Waals surface area contributed by atoms with Crippen molar-refractivity contribution >= 4 is 15.8 Å². The SMILES string of the molecule is CN=C(NCCCCCN1CCCCC1)NCc1ccc(S(C)(=O)=O)c(C)c1. The van der Waals surface area contributed by atoms with E-state index in [4.69, 9.17) is 0 Å². The van der Waals surface area contributed by atoms with E-state index in [0.29, 0.717) is 11.4 Å². The second kappa shape index (κ2) is 11.4. The van der Waals surface area contributed by atoms with Crippen LogP contribution in [0.4, 0.5) is 0 Å². The number of unbranched alkanes of at least 4 members (excludes halogenated alkanes) is 2. The zero-order chi connectivity index (χ0) is 20.4. The molecule has 0 radical (unpaired) electrons. The number of likely N-dealkylation sites (tertiary alicyclic amines) is 1. The van der Waals surface area contributed by atoms with Crippen LogP contribution in [0.25, 0.3) is 0 Å². The van der Waals surface area contributed by atoms with Crippen molar-refractivity contribution in [3.63, 3.8) is 0 Å². The maximum absolute atomic E-state index is 11.7. The fourth-order valence-electron chi connectivity index (χ4n) is 3.67. The van der Waals surface area contributed by atoms with Gasteiger partial charge in [-0.25, -0.2) is 8.42 Å². The van der Waals surface area contributed by atoms with E-state index in [0.717, 1.165) is 30.1 Å². The molecular weight excluding hydrogens is 372 g/mol. The Hall–Kier alpha value is -1.60.